The molecule has 0 radical (unpaired) electrons. The second kappa shape index (κ2) is 14.1. The van der Waals surface area contributed by atoms with Crippen molar-refractivity contribution >= 4 is 51.7 Å². The van der Waals surface area contributed by atoms with Gasteiger partial charge in [-0.25, -0.2) is 0 Å². The van der Waals surface area contributed by atoms with Crippen molar-refractivity contribution in [2.24, 2.45) is 33.9 Å². The standard InChI is InChI=1S/C48H40N4O5/c1-51(2)33-21-17-31(18-22-33)49-50-32-19-23-34(24-20-32)52-46(56)37-26-25-35-39(43(37)47(52)57)27-40-45(55)38(29-11-5-3-6-12-29)28-42(54)48(40,30-13-7-4-8-14-30)44(35)36-15-9-10-16-41(36)53/h3-25,28,37,39-40,43-44,53H,26-27H2,1-2H3/t37-,39+,40-,43-,44+,48-/m0/s1. The SMILES string of the molecule is CN(C)c1ccc(N=Nc2ccc(N3C(=O)[C@H]4[C@H](CC=C5[C@H]4C[C@H]4C(=O)C(c6ccccc6)=CC(=O)[C@@]4(c4ccccc4)[C@H]5c4ccccc4O)C3=O)cc2)cc1. The van der Waals surface area contributed by atoms with Gasteiger partial charge in [0.05, 0.1) is 34.3 Å². The number of rotatable bonds is 7. The van der Waals surface area contributed by atoms with Crippen LogP contribution < -0.4 is 9.80 Å². The number of hydrogen-bond acceptors (Lipinski definition) is 8. The van der Waals surface area contributed by atoms with Crippen LogP contribution in [0.1, 0.15) is 35.4 Å². The number of hydrogen-bond donors (Lipinski definition) is 1. The van der Waals surface area contributed by atoms with Gasteiger partial charge in [-0.2, -0.15) is 10.2 Å². The van der Waals surface area contributed by atoms with Crippen molar-refractivity contribution in [1.82, 2.24) is 0 Å². The lowest BCUT2D eigenvalue weighted by Crippen LogP contribution is -2.58. The third-order valence-electron chi connectivity index (χ3n) is 12.4. The Morgan fingerprint density at radius 3 is 1.96 bits per heavy atom. The molecule has 6 atom stereocenters. The first-order valence-corrected chi connectivity index (χ1v) is 19.2. The molecule has 0 bridgehead atoms. The second-order valence-electron chi connectivity index (χ2n) is 15.5. The minimum absolute atomic E-state index is 0.00316. The Morgan fingerprint density at radius 2 is 1.32 bits per heavy atom. The zero-order valence-electron chi connectivity index (χ0n) is 31.5. The smallest absolute Gasteiger partial charge is 0.238 e. The molecule has 9 nitrogen and oxygen atoms in total. The predicted molar refractivity (Wildman–Crippen MR) is 219 cm³/mol. The second-order valence-corrected chi connectivity index (χ2v) is 15.5. The summed E-state index contributed by atoms with van der Waals surface area (Å²) in [5.74, 6) is -4.70. The summed E-state index contributed by atoms with van der Waals surface area (Å²) in [5, 5.41) is 20.3. The van der Waals surface area contributed by atoms with Gasteiger partial charge in [0.2, 0.25) is 11.8 Å². The number of fused-ring (bicyclic) bond motifs is 4. The molecule has 1 saturated carbocycles. The van der Waals surface area contributed by atoms with Crippen molar-refractivity contribution in [2.75, 3.05) is 23.9 Å². The molecule has 2 fully saturated rings. The zero-order chi connectivity index (χ0) is 39.4. The van der Waals surface area contributed by atoms with Crippen molar-refractivity contribution in [3.63, 3.8) is 0 Å². The summed E-state index contributed by atoms with van der Waals surface area (Å²) in [6.07, 6.45) is 3.95. The highest BCUT2D eigenvalue weighted by Gasteiger charge is 2.66. The van der Waals surface area contributed by atoms with E-state index in [2.05, 4.69) is 10.2 Å². The van der Waals surface area contributed by atoms with Crippen LogP contribution in [0.25, 0.3) is 5.57 Å². The molecule has 5 aromatic carbocycles. The average Bonchev–Trinajstić information content (AvgIpc) is 3.50. The number of aromatic hydroxyl groups is 1. The number of Topliss-reactive ketones (excluding diaryl/α,β-unsaturated/α-hetero) is 1. The maximum absolute atomic E-state index is 15.1. The minimum atomic E-state index is -1.41. The van der Waals surface area contributed by atoms with E-state index in [1.165, 1.54) is 11.0 Å². The van der Waals surface area contributed by atoms with Gasteiger partial charge in [0.15, 0.2) is 11.6 Å². The normalized spacial score (nSPS) is 25.4. The molecule has 1 heterocycles. The summed E-state index contributed by atoms with van der Waals surface area (Å²) in [4.78, 5) is 62.5. The number of imide groups is 1. The number of azo groups is 1. The number of allylic oxidation sites excluding steroid dienone is 4. The number of ketones is 2. The van der Waals surface area contributed by atoms with Crippen LogP contribution in [0.4, 0.5) is 22.7 Å². The summed E-state index contributed by atoms with van der Waals surface area (Å²) >= 11 is 0. The van der Waals surface area contributed by atoms with Crippen LogP contribution >= 0.6 is 0 Å². The Bertz CT molecular complexity index is 2510. The molecule has 1 saturated heterocycles. The topological polar surface area (TPSA) is 120 Å². The van der Waals surface area contributed by atoms with E-state index < -0.39 is 35.0 Å². The molecule has 1 N–H and O–H groups in total. The van der Waals surface area contributed by atoms with Crippen molar-refractivity contribution in [2.45, 2.75) is 24.2 Å². The summed E-state index contributed by atoms with van der Waals surface area (Å²) in [6.45, 7) is 0. The van der Waals surface area contributed by atoms with Gasteiger partial charge in [-0.05, 0) is 90.6 Å². The maximum Gasteiger partial charge on any atom is 0.238 e. The third kappa shape index (κ3) is 5.76. The fraction of sp³-hybridized carbons (Fsp3) is 0.208. The van der Waals surface area contributed by atoms with E-state index in [-0.39, 0.29) is 42.0 Å². The fourth-order valence-corrected chi connectivity index (χ4v) is 9.81. The van der Waals surface area contributed by atoms with Gasteiger partial charge in [-0.1, -0.05) is 90.5 Å². The Labute approximate surface area is 330 Å². The third-order valence-corrected chi connectivity index (χ3v) is 12.4. The Balaban J connectivity index is 1.11. The Morgan fingerprint density at radius 1 is 0.702 bits per heavy atom. The molecule has 9 rings (SSSR count). The van der Waals surface area contributed by atoms with Gasteiger partial charge >= 0.3 is 0 Å². The molecule has 0 unspecified atom stereocenters. The number of amides is 2. The first-order valence-electron chi connectivity index (χ1n) is 19.2. The molecule has 1 aliphatic heterocycles. The van der Waals surface area contributed by atoms with Crippen LogP contribution in [0.5, 0.6) is 5.75 Å². The van der Waals surface area contributed by atoms with Crippen LogP contribution in [-0.4, -0.2) is 42.6 Å². The van der Waals surface area contributed by atoms with Gasteiger partial charge in [0, 0.05) is 42.8 Å². The van der Waals surface area contributed by atoms with E-state index in [4.69, 9.17) is 0 Å². The summed E-state index contributed by atoms with van der Waals surface area (Å²) in [5.41, 5.74) is 4.27. The van der Waals surface area contributed by atoms with Crippen molar-refractivity contribution in [3.8, 4) is 5.75 Å². The first-order chi connectivity index (χ1) is 27.7. The number of nitrogens with zero attached hydrogens (tertiary/aromatic N) is 4. The highest BCUT2D eigenvalue weighted by Crippen LogP contribution is 2.64. The van der Waals surface area contributed by atoms with E-state index in [1.807, 2.05) is 116 Å². The molecule has 2 amide bonds. The largest absolute Gasteiger partial charge is 0.508 e. The number of phenols is 1. The lowest BCUT2D eigenvalue weighted by atomic mass is 9.44. The average molecular weight is 753 g/mol. The molecule has 3 aliphatic carbocycles. The minimum Gasteiger partial charge on any atom is -0.508 e. The van der Waals surface area contributed by atoms with Crippen molar-refractivity contribution < 1.29 is 24.3 Å². The predicted octanol–water partition coefficient (Wildman–Crippen LogP) is 8.90. The molecule has 57 heavy (non-hydrogen) atoms. The highest BCUT2D eigenvalue weighted by molar-refractivity contribution is 6.32. The summed E-state index contributed by atoms with van der Waals surface area (Å²) in [7, 11) is 3.94. The van der Waals surface area contributed by atoms with Gasteiger partial charge in [0.1, 0.15) is 5.75 Å². The maximum atomic E-state index is 15.1. The van der Waals surface area contributed by atoms with E-state index >= 15 is 9.59 Å². The van der Waals surface area contributed by atoms with Crippen LogP contribution in [0.3, 0.4) is 0 Å². The molecule has 0 spiro atoms. The molecule has 0 aromatic heterocycles. The van der Waals surface area contributed by atoms with Crippen LogP contribution in [0.15, 0.2) is 161 Å². The number of para-hydroxylation sites is 1. The summed E-state index contributed by atoms with van der Waals surface area (Å²) < 4.78 is 0. The van der Waals surface area contributed by atoms with Gasteiger partial charge in [-0.15, -0.1) is 0 Å². The molecular weight excluding hydrogens is 713 g/mol. The van der Waals surface area contributed by atoms with Crippen molar-refractivity contribution in [1.29, 1.82) is 0 Å². The van der Waals surface area contributed by atoms with Gasteiger partial charge in [0.25, 0.3) is 0 Å². The molecular formula is C48H40N4O5. The lowest BCUT2D eigenvalue weighted by Gasteiger charge is -2.55. The number of carbonyl (C=O) groups is 4. The molecule has 9 heteroatoms. The number of carbonyl (C=O) groups excluding carboxylic acids is 4. The number of phenolic OH excluding ortho intramolecular Hbond substituents is 1. The van der Waals surface area contributed by atoms with E-state index in [0.717, 1.165) is 11.3 Å². The van der Waals surface area contributed by atoms with Gasteiger partial charge < -0.3 is 10.0 Å². The van der Waals surface area contributed by atoms with Crippen LogP contribution in [0, 0.1) is 23.7 Å². The fourth-order valence-electron chi connectivity index (χ4n) is 9.81. The Kier molecular flexibility index (Phi) is 8.88. The molecule has 282 valence electrons. The van der Waals surface area contributed by atoms with Gasteiger partial charge in [-0.3, -0.25) is 24.1 Å². The molecule has 5 aromatic rings. The van der Waals surface area contributed by atoms with Crippen LogP contribution in [-0.2, 0) is 24.6 Å². The number of benzene rings is 5. The Hall–Kier alpha value is -6.74. The van der Waals surface area contributed by atoms with E-state index in [9.17, 15) is 14.7 Å². The molecule has 4 aliphatic rings. The first kappa shape index (κ1) is 35.9. The highest BCUT2D eigenvalue weighted by atomic mass is 16.3. The van der Waals surface area contributed by atoms with E-state index in [0.29, 0.717) is 39.3 Å². The van der Waals surface area contributed by atoms with Crippen molar-refractivity contribution in [3.05, 3.63) is 168 Å². The van der Waals surface area contributed by atoms with Crippen LogP contribution in [0.2, 0.25) is 0 Å². The monoisotopic (exact) mass is 752 g/mol. The quantitative estimate of drug-likeness (QED) is 0.101. The summed E-state index contributed by atoms with van der Waals surface area (Å²) in [6, 6.07) is 40.0. The van der Waals surface area contributed by atoms with E-state index in [1.54, 1.807) is 42.5 Å². The lowest BCUT2D eigenvalue weighted by molar-refractivity contribution is -0.135. The zero-order valence-corrected chi connectivity index (χ0v) is 31.5. The number of anilines is 2.